The molecule has 1 fully saturated rings. The number of carbonyl (C=O) groups excluding carboxylic acids is 1. The van der Waals surface area contributed by atoms with Crippen LogP contribution in [0.4, 0.5) is 0 Å². The van der Waals surface area contributed by atoms with Gasteiger partial charge < -0.3 is 4.90 Å². The predicted molar refractivity (Wildman–Crippen MR) is 87.8 cm³/mol. The van der Waals surface area contributed by atoms with E-state index in [1.165, 1.54) is 11.3 Å². The standard InChI is InChI=1S/C17H25N5O/c1-13-17(14(2)20(3)19-13)15-7-4-12-22(15)16(23)8-5-10-21-11-6-9-18-21/h6,9,11,15H,4-5,7-8,10,12H2,1-3H3/t15-/m0/s1. The number of nitrogens with zero attached hydrogens (tertiary/aromatic N) is 5. The molecule has 1 amide bonds. The maximum Gasteiger partial charge on any atom is 0.223 e. The summed E-state index contributed by atoms with van der Waals surface area (Å²) in [5.41, 5.74) is 3.46. The van der Waals surface area contributed by atoms with Gasteiger partial charge in [-0.05, 0) is 39.2 Å². The molecule has 0 spiro atoms. The zero-order valence-electron chi connectivity index (χ0n) is 14.2. The molecule has 0 unspecified atom stereocenters. The average molecular weight is 315 g/mol. The monoisotopic (exact) mass is 315 g/mol. The molecule has 0 N–H and O–H groups in total. The van der Waals surface area contributed by atoms with Crippen molar-refractivity contribution in [3.8, 4) is 0 Å². The van der Waals surface area contributed by atoms with Crippen molar-refractivity contribution in [1.29, 1.82) is 0 Å². The summed E-state index contributed by atoms with van der Waals surface area (Å²) in [6, 6.07) is 2.10. The van der Waals surface area contributed by atoms with Crippen LogP contribution < -0.4 is 0 Å². The van der Waals surface area contributed by atoms with E-state index >= 15 is 0 Å². The van der Waals surface area contributed by atoms with Gasteiger partial charge >= 0.3 is 0 Å². The molecule has 0 radical (unpaired) electrons. The summed E-state index contributed by atoms with van der Waals surface area (Å²) < 4.78 is 3.80. The van der Waals surface area contributed by atoms with E-state index in [1.54, 1.807) is 6.20 Å². The first-order chi connectivity index (χ1) is 11.1. The van der Waals surface area contributed by atoms with Crippen molar-refractivity contribution in [1.82, 2.24) is 24.5 Å². The van der Waals surface area contributed by atoms with E-state index in [1.807, 2.05) is 35.6 Å². The highest BCUT2D eigenvalue weighted by atomic mass is 16.2. The molecule has 1 atom stereocenters. The molecular formula is C17H25N5O. The van der Waals surface area contributed by atoms with E-state index in [2.05, 4.69) is 22.0 Å². The normalized spacial score (nSPS) is 17.9. The molecule has 6 heteroatoms. The van der Waals surface area contributed by atoms with Crippen LogP contribution in [0.1, 0.15) is 48.7 Å². The second-order valence-electron chi connectivity index (χ2n) is 6.33. The van der Waals surface area contributed by atoms with Crippen LogP contribution in [-0.4, -0.2) is 36.9 Å². The quantitative estimate of drug-likeness (QED) is 0.851. The second-order valence-corrected chi connectivity index (χ2v) is 6.33. The van der Waals surface area contributed by atoms with Crippen LogP contribution in [0.5, 0.6) is 0 Å². The summed E-state index contributed by atoms with van der Waals surface area (Å²) in [6.45, 7) is 5.79. The number of rotatable bonds is 5. The average Bonchev–Trinajstić information content (AvgIpc) is 3.22. The fourth-order valence-electron chi connectivity index (χ4n) is 3.61. The van der Waals surface area contributed by atoms with E-state index < -0.39 is 0 Å². The van der Waals surface area contributed by atoms with Crippen LogP contribution in [0.15, 0.2) is 18.5 Å². The van der Waals surface area contributed by atoms with E-state index in [4.69, 9.17) is 0 Å². The Kier molecular flexibility index (Phi) is 4.50. The summed E-state index contributed by atoms with van der Waals surface area (Å²) in [7, 11) is 1.97. The smallest absolute Gasteiger partial charge is 0.223 e. The van der Waals surface area contributed by atoms with Crippen molar-refractivity contribution < 1.29 is 4.79 Å². The maximum absolute atomic E-state index is 12.7. The lowest BCUT2D eigenvalue weighted by molar-refractivity contribution is -0.132. The number of amides is 1. The molecule has 3 heterocycles. The number of aromatic nitrogens is 4. The highest BCUT2D eigenvalue weighted by molar-refractivity contribution is 5.77. The van der Waals surface area contributed by atoms with Gasteiger partial charge in [0, 0.05) is 50.2 Å². The molecule has 0 bridgehead atoms. The molecule has 2 aromatic heterocycles. The van der Waals surface area contributed by atoms with Gasteiger partial charge in [-0.3, -0.25) is 14.2 Å². The number of aryl methyl sites for hydroxylation is 3. The minimum absolute atomic E-state index is 0.195. The Hall–Kier alpha value is -2.11. The Balaban J connectivity index is 1.65. The third kappa shape index (κ3) is 3.16. The van der Waals surface area contributed by atoms with Crippen LogP contribution in [0.3, 0.4) is 0 Å². The van der Waals surface area contributed by atoms with Crippen molar-refractivity contribution in [3.63, 3.8) is 0 Å². The van der Waals surface area contributed by atoms with Gasteiger partial charge in [0.05, 0.1) is 11.7 Å². The molecule has 3 rings (SSSR count). The highest BCUT2D eigenvalue weighted by Gasteiger charge is 2.32. The number of hydrogen-bond acceptors (Lipinski definition) is 3. The number of hydrogen-bond donors (Lipinski definition) is 0. The topological polar surface area (TPSA) is 56.0 Å². The first kappa shape index (κ1) is 15.8. The highest BCUT2D eigenvalue weighted by Crippen LogP contribution is 2.35. The van der Waals surface area contributed by atoms with Gasteiger partial charge in [0.25, 0.3) is 0 Å². The SMILES string of the molecule is Cc1nn(C)c(C)c1[C@@H]1CCCN1C(=O)CCCn1cccn1. The molecule has 0 aliphatic carbocycles. The molecule has 6 nitrogen and oxygen atoms in total. The molecule has 124 valence electrons. The molecule has 1 saturated heterocycles. The Morgan fingerprint density at radius 2 is 2.22 bits per heavy atom. The zero-order valence-corrected chi connectivity index (χ0v) is 14.2. The minimum atomic E-state index is 0.195. The van der Waals surface area contributed by atoms with E-state index in [9.17, 15) is 4.79 Å². The second kappa shape index (κ2) is 6.56. The minimum Gasteiger partial charge on any atom is -0.336 e. The zero-order chi connectivity index (χ0) is 16.4. The molecule has 2 aromatic rings. The van der Waals surface area contributed by atoms with Crippen molar-refractivity contribution >= 4 is 5.91 Å². The van der Waals surface area contributed by atoms with Crippen molar-refractivity contribution in [2.24, 2.45) is 7.05 Å². The summed E-state index contributed by atoms with van der Waals surface area (Å²) >= 11 is 0. The first-order valence-electron chi connectivity index (χ1n) is 8.35. The van der Waals surface area contributed by atoms with E-state index in [0.717, 1.165) is 38.0 Å². The lowest BCUT2D eigenvalue weighted by atomic mass is 10.0. The summed E-state index contributed by atoms with van der Waals surface area (Å²) in [5, 5.41) is 8.69. The van der Waals surface area contributed by atoms with Gasteiger partial charge in [-0.15, -0.1) is 0 Å². The first-order valence-corrected chi connectivity index (χ1v) is 8.35. The van der Waals surface area contributed by atoms with Gasteiger partial charge in [-0.25, -0.2) is 0 Å². The van der Waals surface area contributed by atoms with Crippen LogP contribution in [0.2, 0.25) is 0 Å². The predicted octanol–water partition coefficient (Wildman–Crippen LogP) is 2.38. The van der Waals surface area contributed by atoms with E-state index in [-0.39, 0.29) is 11.9 Å². The fraction of sp³-hybridized carbons (Fsp3) is 0.588. The molecule has 1 aliphatic rings. The number of carbonyl (C=O) groups is 1. The maximum atomic E-state index is 12.7. The van der Waals surface area contributed by atoms with Gasteiger partial charge in [0.2, 0.25) is 5.91 Å². The summed E-state index contributed by atoms with van der Waals surface area (Å²) in [5.74, 6) is 0.252. The Bertz CT molecular complexity index is 673. The van der Waals surface area contributed by atoms with Gasteiger partial charge in [0.15, 0.2) is 0 Å². The van der Waals surface area contributed by atoms with Crippen molar-refractivity contribution in [3.05, 3.63) is 35.4 Å². The van der Waals surface area contributed by atoms with Gasteiger partial charge in [-0.2, -0.15) is 10.2 Å². The van der Waals surface area contributed by atoms with Crippen molar-refractivity contribution in [2.75, 3.05) is 6.54 Å². The third-order valence-corrected chi connectivity index (χ3v) is 4.81. The lowest BCUT2D eigenvalue weighted by Crippen LogP contribution is -2.31. The van der Waals surface area contributed by atoms with Crippen LogP contribution >= 0.6 is 0 Å². The van der Waals surface area contributed by atoms with Gasteiger partial charge in [0.1, 0.15) is 0 Å². The Morgan fingerprint density at radius 3 is 2.87 bits per heavy atom. The molecule has 0 saturated carbocycles. The van der Waals surface area contributed by atoms with Crippen molar-refractivity contribution in [2.45, 2.75) is 52.1 Å². The van der Waals surface area contributed by atoms with E-state index in [0.29, 0.717) is 6.42 Å². The number of likely N-dealkylation sites (tertiary alicyclic amines) is 1. The fourth-order valence-corrected chi connectivity index (χ4v) is 3.61. The largest absolute Gasteiger partial charge is 0.336 e. The Labute approximate surface area is 137 Å². The molecule has 23 heavy (non-hydrogen) atoms. The van der Waals surface area contributed by atoms with Crippen LogP contribution in [-0.2, 0) is 18.4 Å². The summed E-state index contributed by atoms with van der Waals surface area (Å²) in [6.07, 6.45) is 7.23. The molecular weight excluding hydrogens is 290 g/mol. The molecule has 0 aromatic carbocycles. The molecule has 1 aliphatic heterocycles. The third-order valence-electron chi connectivity index (χ3n) is 4.81. The van der Waals surface area contributed by atoms with Crippen LogP contribution in [0, 0.1) is 13.8 Å². The lowest BCUT2D eigenvalue weighted by Gasteiger charge is -2.25. The van der Waals surface area contributed by atoms with Gasteiger partial charge in [-0.1, -0.05) is 0 Å². The van der Waals surface area contributed by atoms with Crippen LogP contribution in [0.25, 0.3) is 0 Å². The Morgan fingerprint density at radius 1 is 1.39 bits per heavy atom. The summed E-state index contributed by atoms with van der Waals surface area (Å²) in [4.78, 5) is 14.7.